The number of benzene rings is 1. The molecule has 1 unspecified atom stereocenters. The van der Waals surface area contributed by atoms with Crippen LogP contribution >= 0.6 is 11.6 Å². The average Bonchev–Trinajstić information content (AvgIpc) is 1.99. The molecule has 0 aliphatic rings. The van der Waals surface area contributed by atoms with Gasteiger partial charge in [0.15, 0.2) is 0 Å². The van der Waals surface area contributed by atoms with Crippen LogP contribution in [-0.2, 0) is 12.6 Å². The topological polar surface area (TPSA) is 26.0 Å². The summed E-state index contributed by atoms with van der Waals surface area (Å²) in [5.41, 5.74) is 4.96. The fraction of sp³-hybridized carbons (Fsp3) is 0.400. The predicted molar refractivity (Wildman–Crippen MR) is 53.8 cm³/mol. The zero-order valence-electron chi connectivity index (χ0n) is 8.11. The van der Waals surface area contributed by atoms with Gasteiger partial charge in [0.2, 0.25) is 0 Å². The third-order valence-electron chi connectivity index (χ3n) is 1.91. The highest BCUT2D eigenvalue weighted by Gasteiger charge is 2.33. The van der Waals surface area contributed by atoms with Crippen LogP contribution < -0.4 is 5.73 Å². The molecule has 1 aromatic rings. The first-order valence-corrected chi connectivity index (χ1v) is 4.79. The molecule has 0 bridgehead atoms. The second-order valence-electron chi connectivity index (χ2n) is 3.48. The number of alkyl halides is 3. The SMILES string of the molecule is CC(N)Cc1cc(Cl)ccc1C(F)(F)F. The van der Waals surface area contributed by atoms with Gasteiger partial charge in [-0.15, -0.1) is 0 Å². The minimum absolute atomic E-state index is 0.144. The summed E-state index contributed by atoms with van der Waals surface area (Å²) in [5, 5.41) is 0.290. The standard InChI is InChI=1S/C10H11ClF3N/c1-6(15)4-7-5-8(11)2-3-9(7)10(12,13)14/h2-3,5-6H,4,15H2,1H3. The first-order valence-electron chi connectivity index (χ1n) is 4.42. The summed E-state index contributed by atoms with van der Waals surface area (Å²) < 4.78 is 37.6. The van der Waals surface area contributed by atoms with E-state index in [0.717, 1.165) is 6.07 Å². The Kier molecular flexibility index (Phi) is 3.62. The molecule has 0 radical (unpaired) electrons. The van der Waals surface area contributed by atoms with Crippen LogP contribution in [0.5, 0.6) is 0 Å². The van der Waals surface area contributed by atoms with Crippen molar-refractivity contribution in [2.24, 2.45) is 5.73 Å². The van der Waals surface area contributed by atoms with E-state index in [0.29, 0.717) is 5.02 Å². The molecule has 2 N–H and O–H groups in total. The molecule has 1 rings (SSSR count). The molecule has 0 aliphatic carbocycles. The quantitative estimate of drug-likeness (QED) is 0.840. The molecule has 0 spiro atoms. The van der Waals surface area contributed by atoms with Crippen molar-refractivity contribution in [1.29, 1.82) is 0 Å². The molecule has 5 heteroatoms. The normalized spacial score (nSPS) is 14.0. The van der Waals surface area contributed by atoms with Gasteiger partial charge in [-0.2, -0.15) is 13.2 Å². The summed E-state index contributed by atoms with van der Waals surface area (Å²) in [7, 11) is 0. The van der Waals surface area contributed by atoms with Crippen LogP contribution in [-0.4, -0.2) is 6.04 Å². The first kappa shape index (κ1) is 12.3. The fourth-order valence-electron chi connectivity index (χ4n) is 1.35. The van der Waals surface area contributed by atoms with Gasteiger partial charge in [0.25, 0.3) is 0 Å². The van der Waals surface area contributed by atoms with Crippen LogP contribution in [0.1, 0.15) is 18.1 Å². The van der Waals surface area contributed by atoms with Gasteiger partial charge in [-0.05, 0) is 37.1 Å². The van der Waals surface area contributed by atoms with E-state index in [2.05, 4.69) is 0 Å². The highest BCUT2D eigenvalue weighted by molar-refractivity contribution is 6.30. The molecule has 1 atom stereocenters. The Balaban J connectivity index is 3.15. The van der Waals surface area contributed by atoms with E-state index >= 15 is 0 Å². The molecule has 1 nitrogen and oxygen atoms in total. The van der Waals surface area contributed by atoms with E-state index in [9.17, 15) is 13.2 Å². The monoisotopic (exact) mass is 237 g/mol. The number of halogens is 4. The Morgan fingerprint density at radius 3 is 2.47 bits per heavy atom. The minimum atomic E-state index is -4.35. The van der Waals surface area contributed by atoms with Crippen molar-refractivity contribution >= 4 is 11.6 Å². The van der Waals surface area contributed by atoms with Crippen molar-refractivity contribution in [2.75, 3.05) is 0 Å². The number of hydrogen-bond donors (Lipinski definition) is 1. The van der Waals surface area contributed by atoms with Crippen molar-refractivity contribution < 1.29 is 13.2 Å². The van der Waals surface area contributed by atoms with Crippen LogP contribution in [0.2, 0.25) is 5.02 Å². The summed E-state index contributed by atoms with van der Waals surface area (Å²) in [6.45, 7) is 1.65. The maximum atomic E-state index is 12.5. The van der Waals surface area contributed by atoms with E-state index in [4.69, 9.17) is 17.3 Å². The summed E-state index contributed by atoms with van der Waals surface area (Å²) >= 11 is 5.64. The van der Waals surface area contributed by atoms with Crippen molar-refractivity contribution in [1.82, 2.24) is 0 Å². The Labute approximate surface area is 91.0 Å². The zero-order chi connectivity index (χ0) is 11.6. The number of nitrogens with two attached hydrogens (primary N) is 1. The highest BCUT2D eigenvalue weighted by Crippen LogP contribution is 2.33. The van der Waals surface area contributed by atoms with Gasteiger partial charge in [-0.25, -0.2) is 0 Å². The third kappa shape index (κ3) is 3.39. The van der Waals surface area contributed by atoms with Crippen molar-refractivity contribution in [2.45, 2.75) is 25.6 Å². The Morgan fingerprint density at radius 1 is 1.40 bits per heavy atom. The second kappa shape index (κ2) is 4.41. The molecule has 84 valence electrons. The maximum Gasteiger partial charge on any atom is 0.416 e. The molecule has 0 aromatic heterocycles. The minimum Gasteiger partial charge on any atom is -0.328 e. The molecule has 0 heterocycles. The number of hydrogen-bond acceptors (Lipinski definition) is 1. The maximum absolute atomic E-state index is 12.5. The lowest BCUT2D eigenvalue weighted by Crippen LogP contribution is -2.20. The number of rotatable bonds is 2. The van der Waals surface area contributed by atoms with Crippen LogP contribution in [0.25, 0.3) is 0 Å². The van der Waals surface area contributed by atoms with Crippen molar-refractivity contribution in [3.05, 3.63) is 34.3 Å². The van der Waals surface area contributed by atoms with Gasteiger partial charge in [0, 0.05) is 11.1 Å². The molecular weight excluding hydrogens is 227 g/mol. The van der Waals surface area contributed by atoms with Gasteiger partial charge in [0.1, 0.15) is 0 Å². The molecule has 0 saturated heterocycles. The van der Waals surface area contributed by atoms with E-state index in [1.807, 2.05) is 0 Å². The van der Waals surface area contributed by atoms with Crippen LogP contribution in [0, 0.1) is 0 Å². The fourth-order valence-corrected chi connectivity index (χ4v) is 1.55. The highest BCUT2D eigenvalue weighted by atomic mass is 35.5. The van der Waals surface area contributed by atoms with Crippen LogP contribution in [0.15, 0.2) is 18.2 Å². The van der Waals surface area contributed by atoms with E-state index in [1.165, 1.54) is 12.1 Å². The summed E-state index contributed by atoms with van der Waals surface area (Å²) in [5.74, 6) is 0. The summed E-state index contributed by atoms with van der Waals surface area (Å²) in [6.07, 6.45) is -4.19. The Morgan fingerprint density at radius 2 is 2.00 bits per heavy atom. The molecule has 0 aliphatic heterocycles. The lowest BCUT2D eigenvalue weighted by molar-refractivity contribution is -0.138. The lowest BCUT2D eigenvalue weighted by Gasteiger charge is -2.14. The van der Waals surface area contributed by atoms with Gasteiger partial charge in [-0.3, -0.25) is 0 Å². The van der Waals surface area contributed by atoms with E-state index in [-0.39, 0.29) is 18.0 Å². The molecule has 0 amide bonds. The molecule has 0 fully saturated rings. The van der Waals surface area contributed by atoms with Gasteiger partial charge >= 0.3 is 6.18 Å². The first-order chi connectivity index (χ1) is 6.80. The van der Waals surface area contributed by atoms with Crippen molar-refractivity contribution in [3.63, 3.8) is 0 Å². The Bertz CT molecular complexity index is 347. The molecule has 1 aromatic carbocycles. The molecule has 0 saturated carbocycles. The lowest BCUT2D eigenvalue weighted by atomic mass is 10.0. The van der Waals surface area contributed by atoms with Crippen LogP contribution in [0.4, 0.5) is 13.2 Å². The average molecular weight is 238 g/mol. The summed E-state index contributed by atoms with van der Waals surface area (Å²) in [6, 6.07) is 3.20. The predicted octanol–water partition coefficient (Wildman–Crippen LogP) is 3.25. The largest absolute Gasteiger partial charge is 0.416 e. The van der Waals surface area contributed by atoms with Crippen molar-refractivity contribution in [3.8, 4) is 0 Å². The molecule has 15 heavy (non-hydrogen) atoms. The Hall–Kier alpha value is -0.740. The zero-order valence-corrected chi connectivity index (χ0v) is 8.86. The van der Waals surface area contributed by atoms with Gasteiger partial charge in [0.05, 0.1) is 5.56 Å². The second-order valence-corrected chi connectivity index (χ2v) is 3.92. The smallest absolute Gasteiger partial charge is 0.328 e. The third-order valence-corrected chi connectivity index (χ3v) is 2.15. The van der Waals surface area contributed by atoms with Gasteiger partial charge < -0.3 is 5.73 Å². The van der Waals surface area contributed by atoms with E-state index in [1.54, 1.807) is 6.92 Å². The van der Waals surface area contributed by atoms with Gasteiger partial charge in [-0.1, -0.05) is 11.6 Å². The van der Waals surface area contributed by atoms with E-state index < -0.39 is 11.7 Å². The summed E-state index contributed by atoms with van der Waals surface area (Å²) in [4.78, 5) is 0. The molecular formula is C10H11ClF3N. The van der Waals surface area contributed by atoms with Crippen LogP contribution in [0.3, 0.4) is 0 Å².